The van der Waals surface area contributed by atoms with Crippen LogP contribution in [-0.4, -0.2) is 47.7 Å². The molecule has 1 atom stereocenters. The van der Waals surface area contributed by atoms with Gasteiger partial charge in [-0.15, -0.1) is 0 Å². The van der Waals surface area contributed by atoms with Crippen molar-refractivity contribution in [1.29, 1.82) is 0 Å². The highest BCUT2D eigenvalue weighted by Crippen LogP contribution is 2.32. The van der Waals surface area contributed by atoms with E-state index >= 15 is 0 Å². The molecule has 0 fully saturated rings. The van der Waals surface area contributed by atoms with Crippen LogP contribution in [0, 0.1) is 5.92 Å². The van der Waals surface area contributed by atoms with Crippen molar-refractivity contribution in [2.24, 2.45) is 5.92 Å². The van der Waals surface area contributed by atoms with Gasteiger partial charge in [-0.1, -0.05) is 13.8 Å². The molecule has 1 aliphatic heterocycles. The summed E-state index contributed by atoms with van der Waals surface area (Å²) in [5.41, 5.74) is -0.0171. The Morgan fingerprint density at radius 3 is 2.24 bits per heavy atom. The van der Waals surface area contributed by atoms with Crippen LogP contribution in [0.15, 0.2) is 23.1 Å². The smallest absolute Gasteiger partial charge is 0.326 e. The standard InChI is InChI=1S/C16H20N2O6S/c1-8(2)13(16(21)22)17-14(19)10-5-6-11-12(7-10)25(23,24)18(9(3)4)15(11)20/h5-9,13H,1-4H3,(H,17,19)(H,21,22). The minimum atomic E-state index is -4.02. The minimum Gasteiger partial charge on any atom is -0.480 e. The Bertz CT molecular complexity index is 844. The molecular weight excluding hydrogens is 348 g/mol. The van der Waals surface area contributed by atoms with Crippen LogP contribution in [0.1, 0.15) is 48.4 Å². The van der Waals surface area contributed by atoms with Gasteiger partial charge in [-0.25, -0.2) is 17.5 Å². The number of benzene rings is 1. The number of hydrogen-bond donors (Lipinski definition) is 2. The molecule has 0 bridgehead atoms. The molecule has 1 heterocycles. The molecule has 1 aromatic rings. The molecule has 2 rings (SSSR count). The summed E-state index contributed by atoms with van der Waals surface area (Å²) >= 11 is 0. The van der Waals surface area contributed by atoms with Crippen LogP contribution in [0.3, 0.4) is 0 Å². The number of rotatable bonds is 5. The topological polar surface area (TPSA) is 121 Å². The molecule has 2 amide bonds. The van der Waals surface area contributed by atoms with Gasteiger partial charge in [-0.2, -0.15) is 0 Å². The zero-order valence-electron chi connectivity index (χ0n) is 14.3. The van der Waals surface area contributed by atoms with Crippen LogP contribution in [0.25, 0.3) is 0 Å². The third kappa shape index (κ3) is 3.23. The summed E-state index contributed by atoms with van der Waals surface area (Å²) < 4.78 is 25.8. The number of fused-ring (bicyclic) bond motifs is 1. The van der Waals surface area contributed by atoms with Gasteiger partial charge in [0, 0.05) is 11.6 Å². The Morgan fingerprint density at radius 1 is 1.16 bits per heavy atom. The molecule has 0 radical (unpaired) electrons. The SMILES string of the molecule is CC(C)C(NC(=O)c1ccc2c(c1)S(=O)(=O)N(C(C)C)C2=O)C(=O)O. The van der Waals surface area contributed by atoms with Gasteiger partial charge in [-0.05, 0) is 38.0 Å². The molecule has 0 saturated heterocycles. The van der Waals surface area contributed by atoms with Gasteiger partial charge in [0.2, 0.25) is 0 Å². The molecule has 2 N–H and O–H groups in total. The van der Waals surface area contributed by atoms with Crippen LogP contribution < -0.4 is 5.32 Å². The lowest BCUT2D eigenvalue weighted by Crippen LogP contribution is -2.44. The lowest BCUT2D eigenvalue weighted by Gasteiger charge is -2.19. The number of sulfonamides is 1. The summed E-state index contributed by atoms with van der Waals surface area (Å²) in [6.07, 6.45) is 0. The zero-order chi connectivity index (χ0) is 19.1. The third-order valence-electron chi connectivity index (χ3n) is 3.90. The Labute approximate surface area is 145 Å². The molecule has 0 aliphatic carbocycles. The van der Waals surface area contributed by atoms with Crippen molar-refractivity contribution < 1.29 is 27.9 Å². The predicted molar refractivity (Wildman–Crippen MR) is 88.7 cm³/mol. The second-order valence-corrected chi connectivity index (χ2v) is 8.23. The van der Waals surface area contributed by atoms with E-state index in [2.05, 4.69) is 5.32 Å². The summed E-state index contributed by atoms with van der Waals surface area (Å²) in [5, 5.41) is 11.5. The average molecular weight is 368 g/mol. The van der Waals surface area contributed by atoms with E-state index in [-0.39, 0.29) is 21.9 Å². The van der Waals surface area contributed by atoms with Crippen molar-refractivity contribution in [3.63, 3.8) is 0 Å². The van der Waals surface area contributed by atoms with Crippen molar-refractivity contribution in [2.45, 2.75) is 44.7 Å². The largest absolute Gasteiger partial charge is 0.480 e. The Morgan fingerprint density at radius 2 is 1.76 bits per heavy atom. The number of carbonyl (C=O) groups excluding carboxylic acids is 2. The predicted octanol–water partition coefficient (Wildman–Crippen LogP) is 1.08. The minimum absolute atomic E-state index is 0.00361. The monoisotopic (exact) mass is 368 g/mol. The number of carbonyl (C=O) groups is 3. The molecule has 9 heteroatoms. The van der Waals surface area contributed by atoms with Crippen LogP contribution in [-0.2, 0) is 14.8 Å². The Kier molecular flexibility index (Phi) is 4.90. The molecule has 0 saturated carbocycles. The van der Waals surface area contributed by atoms with E-state index in [1.54, 1.807) is 27.7 Å². The van der Waals surface area contributed by atoms with Gasteiger partial charge < -0.3 is 10.4 Å². The van der Waals surface area contributed by atoms with Crippen molar-refractivity contribution in [3.05, 3.63) is 29.3 Å². The maximum atomic E-state index is 12.5. The molecule has 136 valence electrons. The number of nitrogens with one attached hydrogen (secondary N) is 1. The summed E-state index contributed by atoms with van der Waals surface area (Å²) in [7, 11) is -4.02. The molecular formula is C16H20N2O6S. The van der Waals surface area contributed by atoms with E-state index in [4.69, 9.17) is 5.11 Å². The number of aliphatic carboxylic acids is 1. The first kappa shape index (κ1) is 18.9. The second kappa shape index (κ2) is 6.47. The highest BCUT2D eigenvalue weighted by molar-refractivity contribution is 7.90. The molecule has 1 aliphatic rings. The van der Waals surface area contributed by atoms with E-state index in [0.717, 1.165) is 10.4 Å². The third-order valence-corrected chi connectivity index (χ3v) is 5.90. The van der Waals surface area contributed by atoms with Crippen LogP contribution >= 0.6 is 0 Å². The van der Waals surface area contributed by atoms with E-state index in [1.165, 1.54) is 12.1 Å². The van der Waals surface area contributed by atoms with Crippen molar-refractivity contribution in [2.75, 3.05) is 0 Å². The van der Waals surface area contributed by atoms with Gasteiger partial charge >= 0.3 is 5.97 Å². The van der Waals surface area contributed by atoms with E-state index in [9.17, 15) is 22.8 Å². The summed E-state index contributed by atoms with van der Waals surface area (Å²) in [4.78, 5) is 35.5. The summed E-state index contributed by atoms with van der Waals surface area (Å²) in [5.74, 6) is -2.88. The van der Waals surface area contributed by atoms with Crippen molar-refractivity contribution in [1.82, 2.24) is 9.62 Å². The first-order valence-electron chi connectivity index (χ1n) is 7.75. The first-order valence-corrected chi connectivity index (χ1v) is 9.19. The highest BCUT2D eigenvalue weighted by Gasteiger charge is 2.43. The normalized spacial score (nSPS) is 16.9. The van der Waals surface area contributed by atoms with Crippen LogP contribution in [0.5, 0.6) is 0 Å². The lowest BCUT2D eigenvalue weighted by molar-refractivity contribution is -0.140. The summed E-state index contributed by atoms with van der Waals surface area (Å²) in [6, 6.07) is 2.03. The van der Waals surface area contributed by atoms with E-state index in [0.29, 0.717) is 0 Å². The summed E-state index contributed by atoms with van der Waals surface area (Å²) in [6.45, 7) is 6.45. The zero-order valence-corrected chi connectivity index (χ0v) is 15.1. The second-order valence-electron chi connectivity index (χ2n) is 6.44. The van der Waals surface area contributed by atoms with E-state index < -0.39 is 39.9 Å². The quantitative estimate of drug-likeness (QED) is 0.802. The van der Waals surface area contributed by atoms with E-state index in [1.807, 2.05) is 0 Å². The first-order chi connectivity index (χ1) is 11.5. The molecule has 8 nitrogen and oxygen atoms in total. The maximum Gasteiger partial charge on any atom is 0.326 e. The molecule has 1 unspecified atom stereocenters. The van der Waals surface area contributed by atoms with Crippen LogP contribution in [0.4, 0.5) is 0 Å². The number of hydrogen-bond acceptors (Lipinski definition) is 5. The molecule has 0 spiro atoms. The highest BCUT2D eigenvalue weighted by atomic mass is 32.2. The van der Waals surface area contributed by atoms with Gasteiger partial charge in [0.1, 0.15) is 10.9 Å². The maximum absolute atomic E-state index is 12.5. The van der Waals surface area contributed by atoms with Gasteiger partial charge in [0.15, 0.2) is 0 Å². The lowest BCUT2D eigenvalue weighted by atomic mass is 10.0. The fourth-order valence-corrected chi connectivity index (χ4v) is 4.43. The molecule has 25 heavy (non-hydrogen) atoms. The van der Waals surface area contributed by atoms with Crippen molar-refractivity contribution >= 4 is 27.8 Å². The number of amides is 2. The fraction of sp³-hybridized carbons (Fsp3) is 0.438. The number of nitrogens with zero attached hydrogens (tertiary/aromatic N) is 1. The fourth-order valence-electron chi connectivity index (χ4n) is 2.64. The Hall–Kier alpha value is -2.42. The molecule has 0 aromatic heterocycles. The Balaban J connectivity index is 2.41. The van der Waals surface area contributed by atoms with Gasteiger partial charge in [0.25, 0.3) is 21.8 Å². The van der Waals surface area contributed by atoms with Crippen molar-refractivity contribution in [3.8, 4) is 0 Å². The number of carboxylic acids is 1. The van der Waals surface area contributed by atoms with Gasteiger partial charge in [0.05, 0.1) is 5.56 Å². The van der Waals surface area contributed by atoms with Crippen LogP contribution in [0.2, 0.25) is 0 Å². The molecule has 1 aromatic carbocycles. The van der Waals surface area contributed by atoms with Gasteiger partial charge in [-0.3, -0.25) is 9.59 Å². The average Bonchev–Trinajstić information content (AvgIpc) is 2.70. The number of carboxylic acid groups (broad SMARTS) is 1.